The number of carbonyl (C=O) groups is 1. The summed E-state index contributed by atoms with van der Waals surface area (Å²) in [5, 5.41) is 10.9. The van der Waals surface area contributed by atoms with Crippen LogP contribution in [-0.4, -0.2) is 30.3 Å². The molecule has 25 heavy (non-hydrogen) atoms. The van der Waals surface area contributed by atoms with Crippen molar-refractivity contribution < 1.29 is 18.3 Å². The Kier molecular flexibility index (Phi) is 4.45. The second kappa shape index (κ2) is 6.42. The number of anilines is 1. The molecule has 2 aromatic carbocycles. The maximum absolute atomic E-state index is 11.9. The SMILES string of the molecule is CS(=O)(=O)Nc1cccc2c1ccn2C(C(=O)O)c1ccc(Cl)cc1. The second-order valence-corrected chi connectivity index (χ2v) is 7.81. The molecule has 3 rings (SSSR count). The molecule has 1 atom stereocenters. The van der Waals surface area contributed by atoms with Crippen molar-refractivity contribution in [1.82, 2.24) is 4.57 Å². The standard InChI is InChI=1S/C17H15ClN2O4S/c1-25(23,24)19-14-3-2-4-15-13(14)9-10-20(15)16(17(21)22)11-5-7-12(18)8-6-11/h2-10,16,19H,1H3,(H,21,22). The van der Waals surface area contributed by atoms with Crippen LogP contribution in [0.2, 0.25) is 5.02 Å². The maximum atomic E-state index is 11.9. The van der Waals surface area contributed by atoms with Crippen LogP contribution in [0.25, 0.3) is 10.9 Å². The van der Waals surface area contributed by atoms with Crippen molar-refractivity contribution in [1.29, 1.82) is 0 Å². The van der Waals surface area contributed by atoms with Gasteiger partial charge in [-0.15, -0.1) is 0 Å². The van der Waals surface area contributed by atoms with Gasteiger partial charge >= 0.3 is 5.97 Å². The fourth-order valence-corrected chi connectivity index (χ4v) is 3.47. The van der Waals surface area contributed by atoms with Gasteiger partial charge in [0, 0.05) is 16.6 Å². The number of hydrogen-bond acceptors (Lipinski definition) is 3. The van der Waals surface area contributed by atoms with Crippen molar-refractivity contribution in [2.45, 2.75) is 6.04 Å². The van der Waals surface area contributed by atoms with E-state index in [9.17, 15) is 18.3 Å². The molecular formula is C17H15ClN2O4S. The van der Waals surface area contributed by atoms with Gasteiger partial charge < -0.3 is 9.67 Å². The minimum Gasteiger partial charge on any atom is -0.479 e. The van der Waals surface area contributed by atoms with E-state index in [0.717, 1.165) is 6.26 Å². The van der Waals surface area contributed by atoms with Crippen molar-refractivity contribution in [2.24, 2.45) is 0 Å². The highest BCUT2D eigenvalue weighted by Crippen LogP contribution is 2.30. The Hall–Kier alpha value is -2.51. The first-order valence-electron chi connectivity index (χ1n) is 7.32. The van der Waals surface area contributed by atoms with Gasteiger partial charge in [0.15, 0.2) is 6.04 Å². The van der Waals surface area contributed by atoms with Crippen LogP contribution in [0, 0.1) is 0 Å². The van der Waals surface area contributed by atoms with E-state index in [1.165, 1.54) is 0 Å². The van der Waals surface area contributed by atoms with Crippen LogP contribution in [0.4, 0.5) is 5.69 Å². The van der Waals surface area contributed by atoms with Gasteiger partial charge in [0.2, 0.25) is 10.0 Å². The average Bonchev–Trinajstić information content (AvgIpc) is 2.93. The minimum absolute atomic E-state index is 0.402. The number of hydrogen-bond donors (Lipinski definition) is 2. The van der Waals surface area contributed by atoms with Gasteiger partial charge in [0.25, 0.3) is 0 Å². The van der Waals surface area contributed by atoms with Gasteiger partial charge in [-0.3, -0.25) is 4.72 Å². The fourth-order valence-electron chi connectivity index (χ4n) is 2.77. The van der Waals surface area contributed by atoms with E-state index in [0.29, 0.717) is 27.2 Å². The molecule has 1 unspecified atom stereocenters. The van der Waals surface area contributed by atoms with Gasteiger partial charge in [0.1, 0.15) is 0 Å². The van der Waals surface area contributed by atoms with E-state index >= 15 is 0 Å². The summed E-state index contributed by atoms with van der Waals surface area (Å²) in [5.41, 5.74) is 1.57. The topological polar surface area (TPSA) is 88.4 Å². The molecule has 0 amide bonds. The van der Waals surface area contributed by atoms with E-state index in [-0.39, 0.29) is 0 Å². The Labute approximate surface area is 149 Å². The molecule has 0 aliphatic heterocycles. The number of benzene rings is 2. The Bertz CT molecular complexity index is 1040. The van der Waals surface area contributed by atoms with Gasteiger partial charge in [-0.05, 0) is 35.9 Å². The van der Waals surface area contributed by atoms with Crippen molar-refractivity contribution in [3.8, 4) is 0 Å². The van der Waals surface area contributed by atoms with Crippen molar-refractivity contribution >= 4 is 44.2 Å². The fraction of sp³-hybridized carbons (Fsp3) is 0.118. The average molecular weight is 379 g/mol. The molecule has 2 N–H and O–H groups in total. The van der Waals surface area contributed by atoms with Crippen molar-refractivity contribution in [2.75, 3.05) is 11.0 Å². The van der Waals surface area contributed by atoms with E-state index in [1.807, 2.05) is 0 Å². The number of aromatic nitrogens is 1. The maximum Gasteiger partial charge on any atom is 0.331 e. The van der Waals surface area contributed by atoms with Gasteiger partial charge in [0.05, 0.1) is 17.5 Å². The molecule has 3 aromatic rings. The zero-order valence-electron chi connectivity index (χ0n) is 13.2. The summed E-state index contributed by atoms with van der Waals surface area (Å²) < 4.78 is 27.1. The van der Waals surface area contributed by atoms with Crippen LogP contribution >= 0.6 is 11.6 Å². The first-order valence-corrected chi connectivity index (χ1v) is 9.59. The summed E-state index contributed by atoms with van der Waals surface area (Å²) in [6.45, 7) is 0. The Balaban J connectivity index is 2.15. The number of aliphatic carboxylic acids is 1. The summed E-state index contributed by atoms with van der Waals surface area (Å²) in [5.74, 6) is -1.03. The number of nitrogens with zero attached hydrogens (tertiary/aromatic N) is 1. The van der Waals surface area contributed by atoms with Gasteiger partial charge in [-0.25, -0.2) is 13.2 Å². The van der Waals surface area contributed by atoms with E-state index in [1.54, 1.807) is 59.3 Å². The number of halogens is 1. The van der Waals surface area contributed by atoms with Crippen LogP contribution in [0.3, 0.4) is 0 Å². The van der Waals surface area contributed by atoms with Gasteiger partial charge in [-0.2, -0.15) is 0 Å². The number of nitrogens with one attached hydrogen (secondary N) is 1. The zero-order valence-corrected chi connectivity index (χ0v) is 14.8. The molecule has 0 bridgehead atoms. The monoisotopic (exact) mass is 378 g/mol. The third-order valence-electron chi connectivity index (χ3n) is 3.76. The molecule has 0 saturated heterocycles. The molecule has 6 nitrogen and oxygen atoms in total. The molecule has 0 saturated carbocycles. The lowest BCUT2D eigenvalue weighted by atomic mass is 10.1. The smallest absolute Gasteiger partial charge is 0.331 e. The highest BCUT2D eigenvalue weighted by Gasteiger charge is 2.23. The molecule has 130 valence electrons. The first-order chi connectivity index (χ1) is 11.8. The number of carboxylic acid groups (broad SMARTS) is 1. The second-order valence-electron chi connectivity index (χ2n) is 5.63. The Morgan fingerprint density at radius 1 is 1.16 bits per heavy atom. The van der Waals surface area contributed by atoms with Crippen LogP contribution in [0.1, 0.15) is 11.6 Å². The molecule has 0 radical (unpaired) electrons. The van der Waals surface area contributed by atoms with Crippen LogP contribution in [0.5, 0.6) is 0 Å². The van der Waals surface area contributed by atoms with Crippen LogP contribution in [-0.2, 0) is 14.8 Å². The predicted molar refractivity (Wildman–Crippen MR) is 97.6 cm³/mol. The molecule has 0 spiro atoms. The summed E-state index contributed by atoms with van der Waals surface area (Å²) in [4.78, 5) is 11.9. The number of fused-ring (bicyclic) bond motifs is 1. The molecular weight excluding hydrogens is 364 g/mol. The lowest BCUT2D eigenvalue weighted by Gasteiger charge is -2.17. The Morgan fingerprint density at radius 3 is 2.44 bits per heavy atom. The van der Waals surface area contributed by atoms with Crippen LogP contribution < -0.4 is 4.72 Å². The molecule has 8 heteroatoms. The van der Waals surface area contributed by atoms with E-state index in [4.69, 9.17) is 11.6 Å². The largest absolute Gasteiger partial charge is 0.479 e. The Morgan fingerprint density at radius 2 is 1.84 bits per heavy atom. The lowest BCUT2D eigenvalue weighted by Crippen LogP contribution is -2.19. The number of rotatable bonds is 5. The minimum atomic E-state index is -3.44. The normalized spacial score (nSPS) is 12.9. The highest BCUT2D eigenvalue weighted by atomic mass is 35.5. The molecule has 0 fully saturated rings. The van der Waals surface area contributed by atoms with Crippen LogP contribution in [0.15, 0.2) is 54.7 Å². The summed E-state index contributed by atoms with van der Waals surface area (Å²) in [6.07, 6.45) is 2.70. The summed E-state index contributed by atoms with van der Waals surface area (Å²) in [6, 6.07) is 12.4. The van der Waals surface area contributed by atoms with Crippen molar-refractivity contribution in [3.63, 3.8) is 0 Å². The lowest BCUT2D eigenvalue weighted by molar-refractivity contribution is -0.139. The molecule has 1 heterocycles. The quantitative estimate of drug-likeness (QED) is 0.712. The first kappa shape index (κ1) is 17.3. The van der Waals surface area contributed by atoms with Crippen molar-refractivity contribution in [3.05, 3.63) is 65.3 Å². The summed E-state index contributed by atoms with van der Waals surface area (Å²) in [7, 11) is -3.44. The van der Waals surface area contributed by atoms with Gasteiger partial charge in [-0.1, -0.05) is 29.8 Å². The van der Waals surface area contributed by atoms with E-state index < -0.39 is 22.0 Å². The third kappa shape index (κ3) is 3.62. The third-order valence-corrected chi connectivity index (χ3v) is 4.60. The highest BCUT2D eigenvalue weighted by molar-refractivity contribution is 7.92. The number of carboxylic acids is 1. The molecule has 1 aromatic heterocycles. The summed E-state index contributed by atoms with van der Waals surface area (Å²) >= 11 is 5.88. The molecule has 0 aliphatic rings. The zero-order chi connectivity index (χ0) is 18.2. The van der Waals surface area contributed by atoms with E-state index in [2.05, 4.69) is 4.72 Å². The molecule has 0 aliphatic carbocycles. The predicted octanol–water partition coefficient (Wildman–Crippen LogP) is 3.34. The number of sulfonamides is 1.